The number of ether oxygens (including phenoxy) is 3. The number of benzene rings is 2. The summed E-state index contributed by atoms with van der Waals surface area (Å²) < 4.78 is 16.1. The van der Waals surface area contributed by atoms with Gasteiger partial charge in [-0.15, -0.1) is 0 Å². The van der Waals surface area contributed by atoms with Crippen LogP contribution in [0.5, 0.6) is 17.2 Å². The summed E-state index contributed by atoms with van der Waals surface area (Å²) in [6.07, 6.45) is 1.06. The highest BCUT2D eigenvalue weighted by atomic mass is 16.5. The molecule has 6 nitrogen and oxygen atoms in total. The molecule has 29 heavy (non-hydrogen) atoms. The fraction of sp³-hybridized carbons (Fsp3) is 0.435. The summed E-state index contributed by atoms with van der Waals surface area (Å²) in [5.41, 5.74) is 3.21. The maximum atomic E-state index is 13.0. The van der Waals surface area contributed by atoms with Crippen molar-refractivity contribution in [3.63, 3.8) is 0 Å². The van der Waals surface area contributed by atoms with Crippen LogP contribution >= 0.6 is 0 Å². The van der Waals surface area contributed by atoms with E-state index in [1.807, 2.05) is 4.90 Å². The molecule has 2 aromatic carbocycles. The Morgan fingerprint density at radius 3 is 1.90 bits per heavy atom. The number of methoxy groups -OCH3 is 3. The van der Waals surface area contributed by atoms with Crippen LogP contribution in [0.15, 0.2) is 36.4 Å². The van der Waals surface area contributed by atoms with Gasteiger partial charge in [-0.3, -0.25) is 9.69 Å². The lowest BCUT2D eigenvalue weighted by Crippen LogP contribution is -2.48. The minimum Gasteiger partial charge on any atom is -0.493 e. The Balaban J connectivity index is 1.63. The number of rotatable bonds is 7. The molecule has 0 atom stereocenters. The number of hydrogen-bond acceptors (Lipinski definition) is 5. The van der Waals surface area contributed by atoms with E-state index in [-0.39, 0.29) is 5.91 Å². The predicted molar refractivity (Wildman–Crippen MR) is 113 cm³/mol. The van der Waals surface area contributed by atoms with Gasteiger partial charge in [-0.1, -0.05) is 31.2 Å². The zero-order valence-corrected chi connectivity index (χ0v) is 17.7. The molecule has 0 radical (unpaired) electrons. The Bertz CT molecular complexity index is 802. The van der Waals surface area contributed by atoms with Crippen LogP contribution in [0.1, 0.15) is 28.4 Å². The minimum absolute atomic E-state index is 0.0174. The molecule has 6 heteroatoms. The van der Waals surface area contributed by atoms with Crippen molar-refractivity contribution < 1.29 is 19.0 Å². The molecule has 1 fully saturated rings. The molecule has 0 N–H and O–H groups in total. The van der Waals surface area contributed by atoms with Crippen molar-refractivity contribution in [3.05, 3.63) is 53.1 Å². The number of carbonyl (C=O) groups excluding carboxylic acids is 1. The van der Waals surface area contributed by atoms with E-state index < -0.39 is 0 Å². The molecule has 0 spiro atoms. The van der Waals surface area contributed by atoms with Gasteiger partial charge in [0.25, 0.3) is 5.91 Å². The van der Waals surface area contributed by atoms with Crippen molar-refractivity contribution in [3.8, 4) is 17.2 Å². The molecular formula is C23H30N2O4. The van der Waals surface area contributed by atoms with Gasteiger partial charge in [0.1, 0.15) is 0 Å². The van der Waals surface area contributed by atoms with E-state index >= 15 is 0 Å². The summed E-state index contributed by atoms with van der Waals surface area (Å²) in [6.45, 7) is 6.18. The largest absolute Gasteiger partial charge is 0.493 e. The lowest BCUT2D eigenvalue weighted by Gasteiger charge is -2.35. The Morgan fingerprint density at radius 2 is 1.41 bits per heavy atom. The SMILES string of the molecule is CCc1ccc(CN2CCN(C(=O)c3cc(OC)c(OC)c(OC)c3)CC2)cc1. The van der Waals surface area contributed by atoms with E-state index in [4.69, 9.17) is 14.2 Å². The van der Waals surface area contributed by atoms with Crippen LogP contribution in [0.3, 0.4) is 0 Å². The maximum Gasteiger partial charge on any atom is 0.254 e. The standard InChI is InChI=1S/C23H30N2O4/c1-5-17-6-8-18(9-7-17)16-24-10-12-25(13-11-24)23(26)19-14-20(27-2)22(29-4)21(15-19)28-3/h6-9,14-15H,5,10-13,16H2,1-4H3. The summed E-state index contributed by atoms with van der Waals surface area (Å²) in [4.78, 5) is 17.3. The van der Waals surface area contributed by atoms with Crippen molar-refractivity contribution >= 4 is 5.91 Å². The molecule has 1 aliphatic heterocycles. The first-order valence-corrected chi connectivity index (χ1v) is 9.99. The fourth-order valence-corrected chi connectivity index (χ4v) is 3.63. The quantitative estimate of drug-likeness (QED) is 0.717. The van der Waals surface area contributed by atoms with Crippen molar-refractivity contribution in [1.82, 2.24) is 9.80 Å². The summed E-state index contributed by atoms with van der Waals surface area (Å²) in [6, 6.07) is 12.2. The third kappa shape index (κ3) is 4.82. The molecule has 2 aromatic rings. The monoisotopic (exact) mass is 398 g/mol. The highest BCUT2D eigenvalue weighted by molar-refractivity contribution is 5.95. The Labute approximate surface area is 173 Å². The topological polar surface area (TPSA) is 51.2 Å². The second-order valence-electron chi connectivity index (χ2n) is 7.15. The van der Waals surface area contributed by atoms with E-state index in [9.17, 15) is 4.79 Å². The van der Waals surface area contributed by atoms with Crippen molar-refractivity contribution in [2.45, 2.75) is 19.9 Å². The minimum atomic E-state index is -0.0174. The van der Waals surface area contributed by atoms with Gasteiger partial charge < -0.3 is 19.1 Å². The van der Waals surface area contributed by atoms with Gasteiger partial charge in [0.2, 0.25) is 5.75 Å². The zero-order chi connectivity index (χ0) is 20.8. The van der Waals surface area contributed by atoms with E-state index in [1.165, 1.54) is 11.1 Å². The fourth-order valence-electron chi connectivity index (χ4n) is 3.63. The maximum absolute atomic E-state index is 13.0. The molecule has 0 aromatic heterocycles. The van der Waals surface area contributed by atoms with E-state index in [1.54, 1.807) is 33.5 Å². The molecule has 0 aliphatic carbocycles. The van der Waals surface area contributed by atoms with E-state index in [0.717, 1.165) is 26.1 Å². The Hall–Kier alpha value is -2.73. The first-order valence-electron chi connectivity index (χ1n) is 9.99. The summed E-state index contributed by atoms with van der Waals surface area (Å²) in [7, 11) is 4.66. The molecule has 1 aliphatic rings. The number of aryl methyl sites for hydroxylation is 1. The van der Waals surface area contributed by atoms with Crippen LogP contribution in [-0.2, 0) is 13.0 Å². The number of nitrogens with zero attached hydrogens (tertiary/aromatic N) is 2. The van der Waals surface area contributed by atoms with Gasteiger partial charge in [-0.25, -0.2) is 0 Å². The van der Waals surface area contributed by atoms with Crippen LogP contribution < -0.4 is 14.2 Å². The third-order valence-corrected chi connectivity index (χ3v) is 5.41. The van der Waals surface area contributed by atoms with Gasteiger partial charge in [0, 0.05) is 38.3 Å². The first-order chi connectivity index (χ1) is 14.1. The molecule has 0 bridgehead atoms. The second kappa shape index (κ2) is 9.65. The highest BCUT2D eigenvalue weighted by Crippen LogP contribution is 2.38. The van der Waals surface area contributed by atoms with Crippen molar-refractivity contribution in [1.29, 1.82) is 0 Å². The number of hydrogen-bond donors (Lipinski definition) is 0. The van der Waals surface area contributed by atoms with Crippen molar-refractivity contribution in [2.24, 2.45) is 0 Å². The van der Waals surface area contributed by atoms with Gasteiger partial charge in [-0.2, -0.15) is 0 Å². The highest BCUT2D eigenvalue weighted by Gasteiger charge is 2.24. The van der Waals surface area contributed by atoms with Crippen LogP contribution in [0, 0.1) is 0 Å². The number of amides is 1. The van der Waals surface area contributed by atoms with Gasteiger partial charge >= 0.3 is 0 Å². The summed E-state index contributed by atoms with van der Waals surface area (Å²) in [5.74, 6) is 1.45. The van der Waals surface area contributed by atoms with E-state index in [2.05, 4.69) is 36.1 Å². The Morgan fingerprint density at radius 1 is 0.862 bits per heavy atom. The average molecular weight is 399 g/mol. The molecule has 156 valence electrons. The molecule has 0 saturated carbocycles. The van der Waals surface area contributed by atoms with Gasteiger partial charge in [0.05, 0.1) is 21.3 Å². The summed E-state index contributed by atoms with van der Waals surface area (Å²) >= 11 is 0. The normalized spacial score (nSPS) is 14.6. The molecule has 1 amide bonds. The van der Waals surface area contributed by atoms with Crippen LogP contribution in [0.4, 0.5) is 0 Å². The van der Waals surface area contributed by atoms with Crippen LogP contribution in [0.2, 0.25) is 0 Å². The predicted octanol–water partition coefficient (Wildman–Crippen LogP) is 3.23. The first kappa shape index (κ1) is 21.0. The average Bonchev–Trinajstić information content (AvgIpc) is 2.78. The smallest absolute Gasteiger partial charge is 0.254 e. The number of piperazine rings is 1. The molecular weight excluding hydrogens is 368 g/mol. The van der Waals surface area contributed by atoms with Crippen LogP contribution in [0.25, 0.3) is 0 Å². The third-order valence-electron chi connectivity index (χ3n) is 5.41. The zero-order valence-electron chi connectivity index (χ0n) is 17.7. The molecule has 0 unspecified atom stereocenters. The number of carbonyl (C=O) groups is 1. The van der Waals surface area contributed by atoms with Gasteiger partial charge in [0.15, 0.2) is 11.5 Å². The lowest BCUT2D eigenvalue weighted by atomic mass is 10.1. The van der Waals surface area contributed by atoms with Gasteiger partial charge in [-0.05, 0) is 29.7 Å². The molecule has 1 heterocycles. The van der Waals surface area contributed by atoms with Crippen LogP contribution in [-0.4, -0.2) is 63.2 Å². The molecule has 1 saturated heterocycles. The van der Waals surface area contributed by atoms with Crippen molar-refractivity contribution in [2.75, 3.05) is 47.5 Å². The second-order valence-corrected chi connectivity index (χ2v) is 7.15. The lowest BCUT2D eigenvalue weighted by molar-refractivity contribution is 0.0627. The Kier molecular flexibility index (Phi) is 6.99. The molecule has 3 rings (SSSR count). The summed E-state index contributed by atoms with van der Waals surface area (Å²) in [5, 5.41) is 0. The van der Waals surface area contributed by atoms with E-state index in [0.29, 0.717) is 35.9 Å².